The average molecular weight is 330 g/mol. The van der Waals surface area contributed by atoms with Crippen LogP contribution in [0.25, 0.3) is 5.65 Å². The van der Waals surface area contributed by atoms with Gasteiger partial charge in [0, 0.05) is 22.6 Å². The largest absolute Gasteiger partial charge is 0.326 e. The van der Waals surface area contributed by atoms with E-state index in [1.54, 1.807) is 0 Å². The number of hydrogen-bond donors (Lipinski definition) is 1. The van der Waals surface area contributed by atoms with Crippen molar-refractivity contribution >= 4 is 33.2 Å². The molecular weight excluding hydrogens is 318 g/mol. The SMILES string of the molecule is O=C(Cc1cn2ccccc2n1)Nc1ccc(Br)cc1. The van der Waals surface area contributed by atoms with E-state index < -0.39 is 0 Å². The summed E-state index contributed by atoms with van der Waals surface area (Å²) in [7, 11) is 0. The summed E-state index contributed by atoms with van der Waals surface area (Å²) >= 11 is 3.36. The van der Waals surface area contributed by atoms with Gasteiger partial charge in [0.1, 0.15) is 5.65 Å². The lowest BCUT2D eigenvalue weighted by atomic mass is 10.3. The van der Waals surface area contributed by atoms with Crippen molar-refractivity contribution in [3.05, 3.63) is 65.0 Å². The lowest BCUT2D eigenvalue weighted by Gasteiger charge is -2.03. The summed E-state index contributed by atoms with van der Waals surface area (Å²) < 4.78 is 2.89. The van der Waals surface area contributed by atoms with Crippen molar-refractivity contribution in [2.24, 2.45) is 0 Å². The quantitative estimate of drug-likeness (QED) is 0.801. The van der Waals surface area contributed by atoms with Crippen molar-refractivity contribution in [1.82, 2.24) is 9.38 Å². The van der Waals surface area contributed by atoms with Crippen LogP contribution in [0.5, 0.6) is 0 Å². The number of amides is 1. The number of carbonyl (C=O) groups is 1. The lowest BCUT2D eigenvalue weighted by molar-refractivity contribution is -0.115. The first-order valence-corrected chi connectivity index (χ1v) is 6.98. The molecule has 2 heterocycles. The number of imidazole rings is 1. The maximum atomic E-state index is 12.0. The molecule has 20 heavy (non-hydrogen) atoms. The van der Waals surface area contributed by atoms with E-state index in [0.29, 0.717) is 0 Å². The Morgan fingerprint density at radius 2 is 2.00 bits per heavy atom. The van der Waals surface area contributed by atoms with Crippen LogP contribution in [0.4, 0.5) is 5.69 Å². The van der Waals surface area contributed by atoms with Crippen molar-refractivity contribution in [2.45, 2.75) is 6.42 Å². The maximum Gasteiger partial charge on any atom is 0.230 e. The van der Waals surface area contributed by atoms with Crippen LogP contribution in [0, 0.1) is 0 Å². The second-order valence-electron chi connectivity index (χ2n) is 4.43. The van der Waals surface area contributed by atoms with Crippen LogP contribution < -0.4 is 5.32 Å². The first-order chi connectivity index (χ1) is 9.70. The minimum Gasteiger partial charge on any atom is -0.326 e. The Bertz CT molecular complexity index is 716. The van der Waals surface area contributed by atoms with E-state index in [2.05, 4.69) is 26.2 Å². The number of fused-ring (bicyclic) bond motifs is 1. The zero-order valence-corrected chi connectivity index (χ0v) is 12.2. The number of aromatic nitrogens is 2. The fraction of sp³-hybridized carbons (Fsp3) is 0.0667. The third-order valence-electron chi connectivity index (χ3n) is 2.88. The molecule has 0 atom stereocenters. The van der Waals surface area contributed by atoms with Crippen molar-refractivity contribution in [2.75, 3.05) is 5.32 Å². The fourth-order valence-electron chi connectivity index (χ4n) is 1.98. The molecule has 1 N–H and O–H groups in total. The summed E-state index contributed by atoms with van der Waals surface area (Å²) in [5.74, 6) is -0.0734. The van der Waals surface area contributed by atoms with E-state index >= 15 is 0 Å². The Morgan fingerprint density at radius 1 is 1.20 bits per heavy atom. The minimum atomic E-state index is -0.0734. The van der Waals surface area contributed by atoms with Crippen LogP contribution >= 0.6 is 15.9 Å². The molecule has 0 radical (unpaired) electrons. The Hall–Kier alpha value is -2.14. The third-order valence-corrected chi connectivity index (χ3v) is 3.41. The molecule has 0 saturated carbocycles. The van der Waals surface area contributed by atoms with Gasteiger partial charge in [0.15, 0.2) is 0 Å². The van der Waals surface area contributed by atoms with E-state index in [0.717, 1.165) is 21.5 Å². The normalized spacial score (nSPS) is 10.7. The number of pyridine rings is 1. The molecule has 4 nitrogen and oxygen atoms in total. The summed E-state index contributed by atoms with van der Waals surface area (Å²) in [6.07, 6.45) is 4.05. The number of anilines is 1. The van der Waals surface area contributed by atoms with Gasteiger partial charge in [-0.3, -0.25) is 4.79 Å². The van der Waals surface area contributed by atoms with Crippen molar-refractivity contribution in [3.8, 4) is 0 Å². The van der Waals surface area contributed by atoms with Gasteiger partial charge in [-0.2, -0.15) is 0 Å². The van der Waals surface area contributed by atoms with Crippen LogP contribution in [0.1, 0.15) is 5.69 Å². The van der Waals surface area contributed by atoms with Crippen LogP contribution in [-0.2, 0) is 11.2 Å². The molecule has 0 bridgehead atoms. The standard InChI is InChI=1S/C15H12BrN3O/c16-11-4-6-12(7-5-11)18-15(20)9-13-10-19-8-2-1-3-14(19)17-13/h1-8,10H,9H2,(H,18,20). The molecule has 0 aliphatic carbocycles. The van der Waals surface area contributed by atoms with Gasteiger partial charge in [0.25, 0.3) is 0 Å². The molecule has 5 heteroatoms. The Balaban J connectivity index is 1.70. The zero-order valence-electron chi connectivity index (χ0n) is 10.6. The molecule has 2 aromatic heterocycles. The molecular formula is C15H12BrN3O. The molecule has 3 aromatic rings. The maximum absolute atomic E-state index is 12.0. The molecule has 0 fully saturated rings. The molecule has 0 saturated heterocycles. The summed E-state index contributed by atoms with van der Waals surface area (Å²) in [5, 5.41) is 2.85. The van der Waals surface area contributed by atoms with E-state index in [1.165, 1.54) is 0 Å². The predicted octanol–water partition coefficient (Wildman–Crippen LogP) is 3.28. The fourth-order valence-corrected chi connectivity index (χ4v) is 2.24. The highest BCUT2D eigenvalue weighted by Gasteiger charge is 2.07. The van der Waals surface area contributed by atoms with E-state index in [1.807, 2.05) is 59.3 Å². The topological polar surface area (TPSA) is 46.4 Å². The van der Waals surface area contributed by atoms with Gasteiger partial charge in [0.2, 0.25) is 5.91 Å². The molecule has 0 spiro atoms. The lowest BCUT2D eigenvalue weighted by Crippen LogP contribution is -2.14. The van der Waals surface area contributed by atoms with E-state index in [4.69, 9.17) is 0 Å². The Labute approximate surface area is 124 Å². The van der Waals surface area contributed by atoms with Crippen molar-refractivity contribution in [1.29, 1.82) is 0 Å². The van der Waals surface area contributed by atoms with Gasteiger partial charge in [-0.1, -0.05) is 22.0 Å². The summed E-state index contributed by atoms with van der Waals surface area (Å²) in [6.45, 7) is 0. The average Bonchev–Trinajstić information content (AvgIpc) is 2.83. The van der Waals surface area contributed by atoms with Crippen molar-refractivity contribution < 1.29 is 4.79 Å². The van der Waals surface area contributed by atoms with E-state index in [9.17, 15) is 4.79 Å². The minimum absolute atomic E-state index is 0.0734. The number of carbonyl (C=O) groups excluding carboxylic acids is 1. The van der Waals surface area contributed by atoms with Crippen LogP contribution in [-0.4, -0.2) is 15.3 Å². The Morgan fingerprint density at radius 3 is 2.75 bits per heavy atom. The number of halogens is 1. The first-order valence-electron chi connectivity index (χ1n) is 6.19. The number of benzene rings is 1. The smallest absolute Gasteiger partial charge is 0.230 e. The van der Waals surface area contributed by atoms with Gasteiger partial charge < -0.3 is 9.72 Å². The molecule has 0 unspecified atom stereocenters. The summed E-state index contributed by atoms with van der Waals surface area (Å²) in [5.41, 5.74) is 2.38. The van der Waals surface area contributed by atoms with E-state index in [-0.39, 0.29) is 12.3 Å². The molecule has 1 amide bonds. The number of nitrogens with zero attached hydrogens (tertiary/aromatic N) is 2. The summed E-state index contributed by atoms with van der Waals surface area (Å²) in [6, 6.07) is 13.3. The van der Waals surface area contributed by atoms with Gasteiger partial charge in [-0.25, -0.2) is 4.98 Å². The second kappa shape index (κ2) is 5.46. The van der Waals surface area contributed by atoms with Crippen LogP contribution in [0.15, 0.2) is 59.3 Å². The van der Waals surface area contributed by atoms with Crippen LogP contribution in [0.3, 0.4) is 0 Å². The molecule has 100 valence electrons. The monoisotopic (exact) mass is 329 g/mol. The summed E-state index contributed by atoms with van der Waals surface area (Å²) in [4.78, 5) is 16.4. The number of nitrogens with one attached hydrogen (secondary N) is 1. The zero-order chi connectivity index (χ0) is 13.9. The number of hydrogen-bond acceptors (Lipinski definition) is 2. The van der Waals surface area contributed by atoms with Gasteiger partial charge in [0.05, 0.1) is 12.1 Å². The van der Waals surface area contributed by atoms with Gasteiger partial charge >= 0.3 is 0 Å². The molecule has 3 rings (SSSR count). The van der Waals surface area contributed by atoms with Crippen LogP contribution in [0.2, 0.25) is 0 Å². The highest BCUT2D eigenvalue weighted by Crippen LogP contribution is 2.14. The highest BCUT2D eigenvalue weighted by molar-refractivity contribution is 9.10. The van der Waals surface area contributed by atoms with Gasteiger partial charge in [-0.15, -0.1) is 0 Å². The second-order valence-corrected chi connectivity index (χ2v) is 5.35. The molecule has 0 aliphatic rings. The third kappa shape index (κ3) is 2.88. The first kappa shape index (κ1) is 12.9. The Kier molecular flexibility index (Phi) is 3.52. The van der Waals surface area contributed by atoms with Gasteiger partial charge in [-0.05, 0) is 36.4 Å². The molecule has 0 aliphatic heterocycles. The highest BCUT2D eigenvalue weighted by atomic mass is 79.9. The van der Waals surface area contributed by atoms with Crippen molar-refractivity contribution in [3.63, 3.8) is 0 Å². The number of rotatable bonds is 3. The predicted molar refractivity (Wildman–Crippen MR) is 81.7 cm³/mol. The molecule has 1 aromatic carbocycles.